The molecular formula is C24H31N5. The summed E-state index contributed by atoms with van der Waals surface area (Å²) in [4.78, 5) is 6.96. The lowest BCUT2D eigenvalue weighted by atomic mass is 10.0. The first-order valence-electron chi connectivity index (χ1n) is 10.8. The van der Waals surface area contributed by atoms with E-state index in [2.05, 4.69) is 70.1 Å². The van der Waals surface area contributed by atoms with Crippen LogP contribution in [-0.2, 0) is 13.0 Å². The maximum Gasteiger partial charge on any atom is 0.0766 e. The highest BCUT2D eigenvalue weighted by molar-refractivity contribution is 5.51. The van der Waals surface area contributed by atoms with Gasteiger partial charge in [-0.2, -0.15) is 5.10 Å². The van der Waals surface area contributed by atoms with E-state index in [1.54, 1.807) is 0 Å². The Bertz CT molecular complexity index is 893. The molecule has 3 heterocycles. The average Bonchev–Trinajstić information content (AvgIpc) is 3.13. The number of hydrogen-bond donors (Lipinski definition) is 1. The van der Waals surface area contributed by atoms with Gasteiger partial charge in [-0.1, -0.05) is 37.1 Å². The minimum Gasteiger partial charge on any atom is -0.379 e. The van der Waals surface area contributed by atoms with Gasteiger partial charge in [0.2, 0.25) is 0 Å². The average molecular weight is 390 g/mol. The number of rotatable bonds is 7. The number of pyridine rings is 1. The van der Waals surface area contributed by atoms with Crippen LogP contribution < -0.4 is 5.32 Å². The fourth-order valence-corrected chi connectivity index (χ4v) is 4.06. The molecule has 1 aromatic carbocycles. The number of nitrogens with zero attached hydrogens (tertiary/aromatic N) is 4. The molecule has 0 radical (unpaired) electrons. The van der Waals surface area contributed by atoms with Gasteiger partial charge in [-0.3, -0.25) is 9.88 Å². The third-order valence-corrected chi connectivity index (χ3v) is 5.69. The molecule has 1 aliphatic heterocycles. The third kappa shape index (κ3) is 4.85. The fourth-order valence-electron chi connectivity index (χ4n) is 4.06. The molecule has 0 amide bonds. The molecule has 0 atom stereocenters. The van der Waals surface area contributed by atoms with E-state index in [9.17, 15) is 0 Å². The highest BCUT2D eigenvalue weighted by Crippen LogP contribution is 2.24. The summed E-state index contributed by atoms with van der Waals surface area (Å²) in [5.41, 5.74) is 6.04. The summed E-state index contributed by atoms with van der Waals surface area (Å²) in [6.07, 6.45) is 8.31. The van der Waals surface area contributed by atoms with Crippen LogP contribution >= 0.6 is 0 Å². The second kappa shape index (κ2) is 9.23. The molecule has 0 aliphatic carbocycles. The number of piperidine rings is 1. The second-order valence-electron chi connectivity index (χ2n) is 8.02. The molecular weight excluding hydrogens is 358 g/mol. The minimum atomic E-state index is 0.501. The molecule has 0 spiro atoms. The van der Waals surface area contributed by atoms with Gasteiger partial charge in [0.15, 0.2) is 0 Å². The molecule has 1 N–H and O–H groups in total. The van der Waals surface area contributed by atoms with Crippen molar-refractivity contribution in [3.05, 3.63) is 71.8 Å². The van der Waals surface area contributed by atoms with E-state index < -0.39 is 0 Å². The summed E-state index contributed by atoms with van der Waals surface area (Å²) < 4.78 is 2.10. The Labute approximate surface area is 173 Å². The van der Waals surface area contributed by atoms with Crippen LogP contribution in [0, 0.1) is 6.92 Å². The molecule has 0 saturated carbocycles. The van der Waals surface area contributed by atoms with Crippen molar-refractivity contribution in [2.75, 3.05) is 18.4 Å². The first-order chi connectivity index (χ1) is 14.2. The Morgan fingerprint density at radius 2 is 1.86 bits per heavy atom. The lowest BCUT2D eigenvalue weighted by Crippen LogP contribution is -2.38. The fraction of sp³-hybridized carbons (Fsp3) is 0.417. The smallest absolute Gasteiger partial charge is 0.0766 e. The molecule has 1 aliphatic rings. The van der Waals surface area contributed by atoms with Crippen molar-refractivity contribution >= 4 is 5.69 Å². The molecule has 1 fully saturated rings. The van der Waals surface area contributed by atoms with Crippen molar-refractivity contribution in [1.82, 2.24) is 19.7 Å². The van der Waals surface area contributed by atoms with Crippen molar-refractivity contribution < 1.29 is 0 Å². The summed E-state index contributed by atoms with van der Waals surface area (Å²) >= 11 is 0. The van der Waals surface area contributed by atoms with Gasteiger partial charge in [0, 0.05) is 31.9 Å². The quantitative estimate of drug-likeness (QED) is 0.641. The summed E-state index contributed by atoms with van der Waals surface area (Å²) in [6.45, 7) is 7.49. The van der Waals surface area contributed by atoms with E-state index in [4.69, 9.17) is 5.10 Å². The number of nitrogens with one attached hydrogen (secondary N) is 1. The molecule has 2 aromatic heterocycles. The van der Waals surface area contributed by atoms with Crippen LogP contribution in [0.3, 0.4) is 0 Å². The number of hydrogen-bond acceptors (Lipinski definition) is 4. The summed E-state index contributed by atoms with van der Waals surface area (Å²) in [5.74, 6) is 0. The zero-order valence-electron chi connectivity index (χ0n) is 17.5. The lowest BCUT2D eigenvalue weighted by Gasteiger charge is -2.32. The minimum absolute atomic E-state index is 0.501. The Morgan fingerprint density at radius 1 is 1.07 bits per heavy atom. The zero-order chi connectivity index (χ0) is 20.1. The SMILES string of the molecule is CCCc1c(NC2CCN(Cc3ccccn3)CC2)cnn1-c1ccc(C)cc1. The van der Waals surface area contributed by atoms with Gasteiger partial charge in [-0.05, 0) is 50.5 Å². The molecule has 0 unspecified atom stereocenters. The maximum atomic E-state index is 4.71. The molecule has 29 heavy (non-hydrogen) atoms. The topological polar surface area (TPSA) is 46.0 Å². The van der Waals surface area contributed by atoms with E-state index in [1.807, 2.05) is 18.5 Å². The lowest BCUT2D eigenvalue weighted by molar-refractivity contribution is 0.209. The van der Waals surface area contributed by atoms with Gasteiger partial charge in [0.25, 0.3) is 0 Å². The largest absolute Gasteiger partial charge is 0.379 e. The number of anilines is 1. The Hall–Kier alpha value is -2.66. The maximum absolute atomic E-state index is 4.71. The molecule has 5 nitrogen and oxygen atoms in total. The monoisotopic (exact) mass is 389 g/mol. The molecule has 152 valence electrons. The van der Waals surface area contributed by atoms with Crippen LogP contribution in [0.4, 0.5) is 5.69 Å². The van der Waals surface area contributed by atoms with Crippen LogP contribution in [0.1, 0.15) is 43.1 Å². The van der Waals surface area contributed by atoms with Crippen LogP contribution in [0.5, 0.6) is 0 Å². The molecule has 0 bridgehead atoms. The van der Waals surface area contributed by atoms with E-state index in [-0.39, 0.29) is 0 Å². The van der Waals surface area contributed by atoms with Crippen LogP contribution in [0.15, 0.2) is 54.9 Å². The third-order valence-electron chi connectivity index (χ3n) is 5.69. The van der Waals surface area contributed by atoms with Crippen molar-refractivity contribution in [1.29, 1.82) is 0 Å². The molecule has 1 saturated heterocycles. The first kappa shape index (κ1) is 19.6. The predicted octanol–water partition coefficient (Wildman–Crippen LogP) is 4.60. The van der Waals surface area contributed by atoms with Gasteiger partial charge in [0.1, 0.15) is 0 Å². The molecule has 3 aromatic rings. The van der Waals surface area contributed by atoms with E-state index >= 15 is 0 Å². The van der Waals surface area contributed by atoms with Gasteiger partial charge < -0.3 is 5.32 Å². The van der Waals surface area contributed by atoms with Crippen molar-refractivity contribution in [3.63, 3.8) is 0 Å². The second-order valence-corrected chi connectivity index (χ2v) is 8.02. The van der Waals surface area contributed by atoms with Gasteiger partial charge in [-0.15, -0.1) is 0 Å². The number of aromatic nitrogens is 3. The summed E-state index contributed by atoms with van der Waals surface area (Å²) in [6, 6.07) is 15.3. The zero-order valence-corrected chi connectivity index (χ0v) is 17.5. The standard InChI is InChI=1S/C24H31N5/c1-3-6-24-23(17-26-29(24)22-10-8-19(2)9-11-22)27-20-12-15-28(16-13-20)18-21-7-4-5-14-25-21/h4-5,7-11,14,17,20,27H,3,6,12-13,15-16,18H2,1-2H3. The Morgan fingerprint density at radius 3 is 2.55 bits per heavy atom. The Balaban J connectivity index is 1.40. The Kier molecular flexibility index (Phi) is 6.25. The van der Waals surface area contributed by atoms with Crippen LogP contribution in [0.2, 0.25) is 0 Å². The highest BCUT2D eigenvalue weighted by atomic mass is 15.3. The van der Waals surface area contributed by atoms with Gasteiger partial charge in [-0.25, -0.2) is 4.68 Å². The summed E-state index contributed by atoms with van der Waals surface area (Å²) in [7, 11) is 0. The van der Waals surface area contributed by atoms with E-state index in [1.165, 1.54) is 16.9 Å². The normalized spacial score (nSPS) is 15.5. The number of likely N-dealkylation sites (tertiary alicyclic amines) is 1. The van der Waals surface area contributed by atoms with E-state index in [0.717, 1.165) is 56.7 Å². The van der Waals surface area contributed by atoms with Crippen molar-refractivity contribution in [2.45, 2.75) is 52.1 Å². The van der Waals surface area contributed by atoms with Crippen LogP contribution in [0.25, 0.3) is 5.69 Å². The first-order valence-corrected chi connectivity index (χ1v) is 10.8. The summed E-state index contributed by atoms with van der Waals surface area (Å²) in [5, 5.41) is 8.50. The van der Waals surface area contributed by atoms with Gasteiger partial charge >= 0.3 is 0 Å². The van der Waals surface area contributed by atoms with Crippen LogP contribution in [-0.4, -0.2) is 38.8 Å². The number of benzene rings is 1. The van der Waals surface area contributed by atoms with E-state index in [0.29, 0.717) is 6.04 Å². The predicted molar refractivity (Wildman–Crippen MR) is 118 cm³/mol. The van der Waals surface area contributed by atoms with Gasteiger partial charge in [0.05, 0.1) is 29.0 Å². The molecule has 5 heteroatoms. The van der Waals surface area contributed by atoms with Crippen molar-refractivity contribution in [2.24, 2.45) is 0 Å². The van der Waals surface area contributed by atoms with Crippen molar-refractivity contribution in [3.8, 4) is 5.69 Å². The number of aryl methyl sites for hydroxylation is 1. The highest BCUT2D eigenvalue weighted by Gasteiger charge is 2.21. The molecule has 4 rings (SSSR count).